The van der Waals surface area contributed by atoms with Crippen LogP contribution >= 0.6 is 7.82 Å². The monoisotopic (exact) mass is 967 g/mol. The van der Waals surface area contributed by atoms with Crippen molar-refractivity contribution in [3.8, 4) is 0 Å². The summed E-state index contributed by atoms with van der Waals surface area (Å²) in [6.45, 7) is 2.92. The quantitative estimate of drug-likeness (QED) is 0.00968. The number of esters is 2. The number of unbranched alkanes of at least 4 members (excludes halogenated alkanes) is 10. The Bertz CT molecular complexity index is 1570. The molecule has 16 heteroatoms. The van der Waals surface area contributed by atoms with Crippen molar-refractivity contribution in [2.24, 2.45) is 0 Å². The fourth-order valence-electron chi connectivity index (χ4n) is 6.63. The Hall–Kier alpha value is -3.31. The molecule has 1 fully saturated rings. The molecule has 0 aromatic carbocycles. The topological polar surface area (TPSA) is 250 Å². The molecule has 15 nitrogen and oxygen atoms in total. The molecular formula is C51H83O15P. The van der Waals surface area contributed by atoms with Crippen LogP contribution in [0.3, 0.4) is 0 Å². The van der Waals surface area contributed by atoms with Crippen LogP contribution in [0, 0.1) is 0 Å². The summed E-state index contributed by atoms with van der Waals surface area (Å²) in [5, 5.41) is 70.2. The Morgan fingerprint density at radius 2 is 1.04 bits per heavy atom. The van der Waals surface area contributed by atoms with Crippen molar-refractivity contribution in [2.75, 3.05) is 13.2 Å². The van der Waals surface area contributed by atoms with E-state index in [1.165, 1.54) is 19.3 Å². The average Bonchev–Trinajstić information content (AvgIpc) is 3.30. The molecule has 0 heterocycles. The normalized spacial score (nSPS) is 23.0. The minimum Gasteiger partial charge on any atom is -0.462 e. The second-order valence-corrected chi connectivity index (χ2v) is 18.0. The highest BCUT2D eigenvalue weighted by atomic mass is 31.2. The van der Waals surface area contributed by atoms with Crippen LogP contribution in [0.25, 0.3) is 0 Å². The van der Waals surface area contributed by atoms with Crippen molar-refractivity contribution in [1.29, 1.82) is 0 Å². The van der Waals surface area contributed by atoms with Crippen molar-refractivity contribution >= 4 is 19.8 Å². The molecule has 382 valence electrons. The maximum Gasteiger partial charge on any atom is 0.472 e. The van der Waals surface area contributed by atoms with E-state index in [9.17, 15) is 54.8 Å². The minimum absolute atomic E-state index is 0.0921. The number of carbonyl (C=O) groups excluding carboxylic acids is 2. The SMILES string of the molecule is CC/C=C\C[C@H](O)/C=C/C=C\C=C\[C@H](O)C/C=C\C/C=C\CCC(=O)O[C@H](COC(=O)CCCCCCCCC/C=C\C/C=C\CCCCC)COP(=O)(O)OC1[C@H](O)[C@H](O)C(O)[C@H](O)[C@H]1O. The molecule has 0 amide bonds. The van der Waals surface area contributed by atoms with E-state index in [-0.39, 0.29) is 19.3 Å². The number of rotatable bonds is 38. The third-order valence-corrected chi connectivity index (χ3v) is 11.6. The summed E-state index contributed by atoms with van der Waals surface area (Å²) >= 11 is 0. The largest absolute Gasteiger partial charge is 0.472 e. The second-order valence-electron chi connectivity index (χ2n) is 16.6. The van der Waals surface area contributed by atoms with Crippen molar-refractivity contribution in [1.82, 2.24) is 0 Å². The van der Waals surface area contributed by atoms with E-state index in [4.69, 9.17) is 18.5 Å². The fourth-order valence-corrected chi connectivity index (χ4v) is 7.61. The first-order valence-electron chi connectivity index (χ1n) is 24.3. The summed E-state index contributed by atoms with van der Waals surface area (Å²) in [5.41, 5.74) is 0. The molecule has 0 aromatic rings. The van der Waals surface area contributed by atoms with Crippen molar-refractivity contribution < 1.29 is 73.3 Å². The summed E-state index contributed by atoms with van der Waals surface area (Å²) < 4.78 is 33.4. The van der Waals surface area contributed by atoms with Crippen LogP contribution < -0.4 is 0 Å². The Morgan fingerprint density at radius 1 is 0.552 bits per heavy atom. The molecule has 67 heavy (non-hydrogen) atoms. The van der Waals surface area contributed by atoms with E-state index in [1.807, 2.05) is 37.3 Å². The van der Waals surface area contributed by atoms with Gasteiger partial charge in [0.2, 0.25) is 0 Å². The lowest BCUT2D eigenvalue weighted by molar-refractivity contribution is -0.220. The molecule has 0 saturated heterocycles. The summed E-state index contributed by atoms with van der Waals surface area (Å²) in [7, 11) is -5.18. The van der Waals surface area contributed by atoms with Gasteiger partial charge < -0.3 is 50.1 Å². The lowest BCUT2D eigenvalue weighted by Crippen LogP contribution is -2.64. The van der Waals surface area contributed by atoms with Gasteiger partial charge >= 0.3 is 19.8 Å². The molecular weight excluding hydrogens is 884 g/mol. The highest BCUT2D eigenvalue weighted by Crippen LogP contribution is 2.47. The number of allylic oxidation sites excluding steroid dienone is 12. The zero-order valence-corrected chi connectivity index (χ0v) is 40.8. The molecule has 0 aromatic heterocycles. The van der Waals surface area contributed by atoms with Gasteiger partial charge in [0.15, 0.2) is 6.10 Å². The fraction of sp³-hybridized carbons (Fsp3) is 0.647. The second kappa shape index (κ2) is 39.5. The number of ether oxygens (including phenoxy) is 2. The van der Waals surface area contributed by atoms with E-state index in [0.717, 1.165) is 64.2 Å². The van der Waals surface area contributed by atoms with E-state index in [0.29, 0.717) is 25.7 Å². The van der Waals surface area contributed by atoms with Crippen LogP contribution in [0.15, 0.2) is 97.2 Å². The van der Waals surface area contributed by atoms with Crippen LogP contribution in [-0.4, -0.2) is 121 Å². The lowest BCUT2D eigenvalue weighted by Gasteiger charge is -2.41. The molecule has 10 atom stereocenters. The lowest BCUT2D eigenvalue weighted by atomic mass is 9.85. The van der Waals surface area contributed by atoms with Gasteiger partial charge in [-0.05, 0) is 70.6 Å². The number of phosphoric acid groups is 1. The maximum absolute atomic E-state index is 12.8. The van der Waals surface area contributed by atoms with Crippen molar-refractivity contribution in [2.45, 2.75) is 197 Å². The van der Waals surface area contributed by atoms with Gasteiger partial charge in [-0.2, -0.15) is 0 Å². The number of aliphatic hydroxyl groups is 7. The molecule has 0 aliphatic heterocycles. The van der Waals surface area contributed by atoms with E-state index >= 15 is 0 Å². The smallest absolute Gasteiger partial charge is 0.462 e. The predicted molar refractivity (Wildman–Crippen MR) is 260 cm³/mol. The number of hydrogen-bond donors (Lipinski definition) is 8. The third kappa shape index (κ3) is 32.2. The summed E-state index contributed by atoms with van der Waals surface area (Å²) in [6.07, 6.45) is 32.3. The van der Waals surface area contributed by atoms with Gasteiger partial charge in [-0.15, -0.1) is 0 Å². The van der Waals surface area contributed by atoms with Crippen LogP contribution in [0.4, 0.5) is 0 Å². The molecule has 1 saturated carbocycles. The number of phosphoric ester groups is 1. The Kier molecular flexibility index (Phi) is 36.4. The van der Waals surface area contributed by atoms with Crippen LogP contribution in [0.5, 0.6) is 0 Å². The summed E-state index contributed by atoms with van der Waals surface area (Å²) in [5.74, 6) is -1.28. The van der Waals surface area contributed by atoms with Crippen LogP contribution in [-0.2, 0) is 32.7 Å². The number of carbonyl (C=O) groups is 2. The highest BCUT2D eigenvalue weighted by molar-refractivity contribution is 7.47. The van der Waals surface area contributed by atoms with Gasteiger partial charge in [-0.25, -0.2) is 4.57 Å². The number of hydrogen-bond acceptors (Lipinski definition) is 14. The van der Waals surface area contributed by atoms with Gasteiger partial charge in [0.05, 0.1) is 18.8 Å². The average molecular weight is 967 g/mol. The van der Waals surface area contributed by atoms with Crippen molar-refractivity contribution in [3.05, 3.63) is 97.2 Å². The van der Waals surface area contributed by atoms with Crippen LogP contribution in [0.1, 0.15) is 142 Å². The van der Waals surface area contributed by atoms with Crippen molar-refractivity contribution in [3.63, 3.8) is 0 Å². The highest BCUT2D eigenvalue weighted by Gasteiger charge is 2.51. The third-order valence-electron chi connectivity index (χ3n) is 10.6. The molecule has 8 N–H and O–H groups in total. The Morgan fingerprint density at radius 3 is 1.61 bits per heavy atom. The van der Waals surface area contributed by atoms with E-state index in [2.05, 4.69) is 31.2 Å². The zero-order chi connectivity index (χ0) is 49.5. The number of aliphatic hydroxyl groups excluding tert-OH is 7. The first kappa shape index (κ1) is 61.7. The van der Waals surface area contributed by atoms with Crippen LogP contribution in [0.2, 0.25) is 0 Å². The van der Waals surface area contributed by atoms with Gasteiger partial charge in [-0.3, -0.25) is 18.6 Å². The molecule has 0 bridgehead atoms. The van der Waals surface area contributed by atoms with E-state index in [1.54, 1.807) is 42.5 Å². The van der Waals surface area contributed by atoms with Gasteiger partial charge in [0, 0.05) is 12.8 Å². The molecule has 3 unspecified atom stereocenters. The first-order valence-corrected chi connectivity index (χ1v) is 25.8. The molecule has 1 rings (SSSR count). The summed E-state index contributed by atoms with van der Waals surface area (Å²) in [4.78, 5) is 35.7. The van der Waals surface area contributed by atoms with Gasteiger partial charge in [0.25, 0.3) is 0 Å². The molecule has 0 spiro atoms. The molecule has 1 aliphatic rings. The standard InChI is InChI=1S/C51H83O15P/c1-3-5-7-8-9-10-11-12-13-14-15-16-17-18-19-23-31-37-44(54)63-39-43(40-64-67(61,62)66-51-49(59)47(57)46(56)48(58)50(51)60)65-45(55)38-32-24-21-20-22-28-34-42(53)36-30-26-25-29-35-41(52)33-27-6-4-2/h6,9-10,12-13,21-22,24-30,35-36,41-43,46-53,56-60H,3-5,7-8,11,14-20,23,31-34,37-40H2,1-2H3,(H,61,62)/b10-9-,13-12-,24-21-,26-25-,27-6-,28-22-,35-29+,36-30+/t41-,42+,43+,46?,47-,48+,49+,50+,51?/m0/s1. The molecule has 1 aliphatic carbocycles. The first-order chi connectivity index (χ1) is 32.2. The maximum atomic E-state index is 12.8. The Balaban J connectivity index is 2.56. The summed E-state index contributed by atoms with van der Waals surface area (Å²) in [6, 6.07) is 0. The Labute approximate surface area is 399 Å². The molecule has 0 radical (unpaired) electrons. The van der Waals surface area contributed by atoms with Gasteiger partial charge in [-0.1, -0.05) is 156 Å². The predicted octanol–water partition coefficient (Wildman–Crippen LogP) is 7.77. The van der Waals surface area contributed by atoms with E-state index < -0.39 is 87.9 Å². The minimum atomic E-state index is -5.18. The zero-order valence-electron chi connectivity index (χ0n) is 39.9. The van der Waals surface area contributed by atoms with Gasteiger partial charge in [0.1, 0.15) is 43.2 Å².